The first kappa shape index (κ1) is 15.7. The molecule has 1 aliphatic carbocycles. The van der Waals surface area contributed by atoms with Crippen molar-refractivity contribution in [2.75, 3.05) is 13.1 Å². The number of thiophene rings is 1. The number of piperidine rings is 3. The lowest BCUT2D eigenvalue weighted by Gasteiger charge is -2.52. The Bertz CT molecular complexity index is 881. The third-order valence-electron chi connectivity index (χ3n) is 6.42. The molecule has 1 amide bonds. The molecule has 1 N–H and O–H groups in total. The van der Waals surface area contributed by atoms with Gasteiger partial charge in [-0.25, -0.2) is 8.78 Å². The summed E-state index contributed by atoms with van der Waals surface area (Å²) in [7, 11) is 0. The Balaban J connectivity index is 1.45. The molecule has 1 saturated carbocycles. The topological polar surface area (TPSA) is 32.3 Å². The lowest BCUT2D eigenvalue weighted by Crippen LogP contribution is -2.65. The minimum absolute atomic E-state index is 0.00984. The Hall–Kier alpha value is -1.53. The molecule has 1 atom stereocenters. The summed E-state index contributed by atoms with van der Waals surface area (Å²) in [4.78, 5) is 15.8. The Morgan fingerprint density at radius 1 is 1.28 bits per heavy atom. The molecule has 132 valence electrons. The van der Waals surface area contributed by atoms with Crippen LogP contribution < -0.4 is 5.32 Å². The maximum Gasteiger partial charge on any atom is 0.261 e. The van der Waals surface area contributed by atoms with Crippen molar-refractivity contribution in [3.63, 3.8) is 0 Å². The highest BCUT2D eigenvalue weighted by atomic mass is 32.1. The van der Waals surface area contributed by atoms with Crippen LogP contribution in [0, 0.1) is 24.5 Å². The normalized spacial score (nSPS) is 29.3. The molecule has 4 heterocycles. The lowest BCUT2D eigenvalue weighted by molar-refractivity contribution is -0.00138. The maximum atomic E-state index is 14.3. The van der Waals surface area contributed by atoms with E-state index in [2.05, 4.69) is 10.2 Å². The molecule has 0 radical (unpaired) electrons. The van der Waals surface area contributed by atoms with Crippen molar-refractivity contribution in [3.05, 3.63) is 34.2 Å². The molecule has 3 aliphatic heterocycles. The Kier molecular flexibility index (Phi) is 3.29. The molecule has 1 aromatic heterocycles. The number of carbonyl (C=O) groups is 1. The van der Waals surface area contributed by atoms with Crippen molar-refractivity contribution in [3.8, 4) is 0 Å². The summed E-state index contributed by atoms with van der Waals surface area (Å²) in [5.74, 6) is -0.726. The van der Waals surface area contributed by atoms with Gasteiger partial charge in [0, 0.05) is 11.1 Å². The number of fused-ring (bicyclic) bond motifs is 3. The largest absolute Gasteiger partial charge is 0.346 e. The number of amides is 1. The van der Waals surface area contributed by atoms with Crippen LogP contribution in [0.25, 0.3) is 10.1 Å². The van der Waals surface area contributed by atoms with Crippen LogP contribution in [0.3, 0.4) is 0 Å². The second kappa shape index (κ2) is 5.24. The van der Waals surface area contributed by atoms with E-state index in [-0.39, 0.29) is 23.1 Å². The quantitative estimate of drug-likeness (QED) is 0.880. The molecule has 3 saturated heterocycles. The molecular weight excluding hydrogens is 342 g/mol. The number of halogens is 2. The van der Waals surface area contributed by atoms with E-state index in [1.165, 1.54) is 13.0 Å². The van der Waals surface area contributed by atoms with Crippen LogP contribution in [-0.4, -0.2) is 35.5 Å². The van der Waals surface area contributed by atoms with Gasteiger partial charge in [0.1, 0.15) is 11.6 Å². The van der Waals surface area contributed by atoms with E-state index in [0.717, 1.165) is 50.1 Å². The summed E-state index contributed by atoms with van der Waals surface area (Å²) in [5.41, 5.74) is 0.178. The van der Waals surface area contributed by atoms with Crippen molar-refractivity contribution in [2.24, 2.45) is 5.92 Å². The van der Waals surface area contributed by atoms with Crippen molar-refractivity contribution in [2.45, 2.75) is 44.2 Å². The monoisotopic (exact) mass is 362 g/mol. The molecule has 6 heteroatoms. The van der Waals surface area contributed by atoms with Crippen molar-refractivity contribution in [1.82, 2.24) is 10.2 Å². The van der Waals surface area contributed by atoms with Crippen molar-refractivity contribution >= 4 is 27.3 Å². The van der Waals surface area contributed by atoms with Crippen LogP contribution >= 0.6 is 11.3 Å². The van der Waals surface area contributed by atoms with Crippen LogP contribution in [-0.2, 0) is 0 Å². The zero-order valence-electron chi connectivity index (χ0n) is 14.1. The van der Waals surface area contributed by atoms with Crippen LogP contribution in [0.2, 0.25) is 0 Å². The van der Waals surface area contributed by atoms with Gasteiger partial charge in [-0.3, -0.25) is 9.69 Å². The molecule has 0 unspecified atom stereocenters. The van der Waals surface area contributed by atoms with E-state index in [0.29, 0.717) is 20.9 Å². The van der Waals surface area contributed by atoms with Crippen LogP contribution in [0.15, 0.2) is 12.1 Å². The maximum absolute atomic E-state index is 14.3. The molecule has 6 rings (SSSR count). The van der Waals surface area contributed by atoms with Gasteiger partial charge in [-0.05, 0) is 69.1 Å². The summed E-state index contributed by atoms with van der Waals surface area (Å²) < 4.78 is 28.4. The van der Waals surface area contributed by atoms with Gasteiger partial charge in [-0.15, -0.1) is 11.3 Å². The number of nitrogens with one attached hydrogen (secondary N) is 1. The molecule has 3 nitrogen and oxygen atoms in total. The summed E-state index contributed by atoms with van der Waals surface area (Å²) >= 11 is 1.12. The van der Waals surface area contributed by atoms with Crippen LogP contribution in [0.1, 0.15) is 40.9 Å². The van der Waals surface area contributed by atoms with Gasteiger partial charge in [0.15, 0.2) is 0 Å². The standard InChI is InChI=1S/C19H20F2N2OS/c1-10-13(20)8-12-9-14(25-16(12)15(10)21)18(24)22-17-11-2-6-23(7-3-11)19(17)4-5-19/h8-9,11,17H,2-7H2,1H3,(H,22,24)/t17-/m0/s1. The fraction of sp³-hybridized carbons (Fsp3) is 0.526. The first-order chi connectivity index (χ1) is 12.0. The number of rotatable bonds is 2. The fourth-order valence-electron chi connectivity index (χ4n) is 4.85. The predicted octanol–water partition coefficient (Wildman–Crippen LogP) is 3.84. The molecule has 2 aromatic rings. The van der Waals surface area contributed by atoms with Gasteiger partial charge >= 0.3 is 0 Å². The number of carbonyl (C=O) groups excluding carboxylic acids is 1. The molecule has 4 aliphatic rings. The first-order valence-corrected chi connectivity index (χ1v) is 9.75. The third-order valence-corrected chi connectivity index (χ3v) is 7.56. The summed E-state index contributed by atoms with van der Waals surface area (Å²) in [6.07, 6.45) is 4.58. The second-order valence-electron chi connectivity index (χ2n) is 7.71. The highest BCUT2D eigenvalue weighted by Crippen LogP contribution is 2.53. The second-order valence-corrected chi connectivity index (χ2v) is 8.76. The highest BCUT2D eigenvalue weighted by molar-refractivity contribution is 7.20. The minimum atomic E-state index is -0.566. The fourth-order valence-corrected chi connectivity index (χ4v) is 5.88. The van der Waals surface area contributed by atoms with E-state index in [1.54, 1.807) is 6.07 Å². The van der Waals surface area contributed by atoms with E-state index >= 15 is 0 Å². The van der Waals surface area contributed by atoms with Crippen LogP contribution in [0.4, 0.5) is 8.78 Å². The number of benzene rings is 1. The predicted molar refractivity (Wildman–Crippen MR) is 94.0 cm³/mol. The minimum Gasteiger partial charge on any atom is -0.346 e. The summed E-state index contributed by atoms with van der Waals surface area (Å²) in [6, 6.07) is 3.12. The van der Waals surface area contributed by atoms with Crippen LogP contribution in [0.5, 0.6) is 0 Å². The number of hydrogen-bond acceptors (Lipinski definition) is 3. The van der Waals surface area contributed by atoms with Gasteiger partial charge in [-0.1, -0.05) is 0 Å². The van der Waals surface area contributed by atoms with E-state index < -0.39 is 11.6 Å². The summed E-state index contributed by atoms with van der Waals surface area (Å²) in [6.45, 7) is 3.71. The van der Waals surface area contributed by atoms with Crippen molar-refractivity contribution in [1.29, 1.82) is 0 Å². The van der Waals surface area contributed by atoms with E-state index in [1.807, 2.05) is 0 Å². The molecule has 1 aromatic carbocycles. The highest BCUT2D eigenvalue weighted by Gasteiger charge is 2.60. The zero-order chi connectivity index (χ0) is 17.3. The number of hydrogen-bond donors (Lipinski definition) is 1. The Morgan fingerprint density at radius 2 is 2.00 bits per heavy atom. The average Bonchev–Trinajstić information content (AvgIpc) is 3.27. The first-order valence-electron chi connectivity index (χ1n) is 8.94. The van der Waals surface area contributed by atoms with E-state index in [4.69, 9.17) is 0 Å². The number of nitrogens with zero attached hydrogens (tertiary/aromatic N) is 1. The molecule has 2 bridgehead atoms. The SMILES string of the molecule is Cc1c(F)cc2cc(C(=O)N[C@H]3C4CCN(CC4)C34CC4)sc2c1F. The molecular formula is C19H20F2N2OS. The van der Waals surface area contributed by atoms with Gasteiger partial charge < -0.3 is 5.32 Å². The molecule has 4 fully saturated rings. The van der Waals surface area contributed by atoms with Gasteiger partial charge in [-0.2, -0.15) is 0 Å². The Morgan fingerprint density at radius 3 is 2.68 bits per heavy atom. The lowest BCUT2D eigenvalue weighted by atomic mass is 9.77. The zero-order valence-corrected chi connectivity index (χ0v) is 14.9. The van der Waals surface area contributed by atoms with Gasteiger partial charge in [0.05, 0.1) is 15.6 Å². The summed E-state index contributed by atoms with van der Waals surface area (Å²) in [5, 5.41) is 3.71. The third kappa shape index (κ3) is 2.20. The van der Waals surface area contributed by atoms with E-state index in [9.17, 15) is 13.6 Å². The Labute approximate surface area is 149 Å². The van der Waals surface area contributed by atoms with Gasteiger partial charge in [0.2, 0.25) is 0 Å². The molecule has 1 spiro atoms. The van der Waals surface area contributed by atoms with Gasteiger partial charge in [0.25, 0.3) is 5.91 Å². The molecule has 25 heavy (non-hydrogen) atoms. The van der Waals surface area contributed by atoms with Crippen molar-refractivity contribution < 1.29 is 13.6 Å². The smallest absolute Gasteiger partial charge is 0.261 e. The average molecular weight is 362 g/mol.